The molecule has 4 heteroatoms. The van der Waals surface area contributed by atoms with Crippen LogP contribution in [0.5, 0.6) is 5.75 Å². The predicted molar refractivity (Wildman–Crippen MR) is 93.4 cm³/mol. The van der Waals surface area contributed by atoms with Crippen LogP contribution in [0.2, 0.25) is 0 Å². The van der Waals surface area contributed by atoms with Crippen molar-refractivity contribution >= 4 is 11.7 Å². The molecule has 2 aliphatic heterocycles. The Hall–Kier alpha value is -1.84. The molecule has 0 aromatic heterocycles. The van der Waals surface area contributed by atoms with Crippen molar-refractivity contribution in [3.63, 3.8) is 0 Å². The first-order valence-corrected chi connectivity index (χ1v) is 9.69. The number of para-hydroxylation sites is 1. The van der Waals surface area contributed by atoms with Crippen LogP contribution in [0.3, 0.4) is 0 Å². The second-order valence-corrected chi connectivity index (χ2v) is 8.52. The fourth-order valence-corrected chi connectivity index (χ4v) is 5.54. The topological polar surface area (TPSA) is 46.6 Å². The third-order valence-corrected chi connectivity index (χ3v) is 7.02. The van der Waals surface area contributed by atoms with Gasteiger partial charge in [-0.3, -0.25) is 9.59 Å². The third-order valence-electron chi connectivity index (χ3n) is 7.02. The van der Waals surface area contributed by atoms with Gasteiger partial charge in [-0.2, -0.15) is 0 Å². The van der Waals surface area contributed by atoms with Crippen LogP contribution in [0.4, 0.5) is 0 Å². The summed E-state index contributed by atoms with van der Waals surface area (Å²) in [4.78, 5) is 27.7. The third kappa shape index (κ3) is 2.26. The molecule has 0 bridgehead atoms. The minimum atomic E-state index is -0.431. The first-order valence-electron chi connectivity index (χ1n) is 9.69. The van der Waals surface area contributed by atoms with E-state index in [-0.39, 0.29) is 17.6 Å². The molecule has 2 saturated carbocycles. The van der Waals surface area contributed by atoms with Crippen molar-refractivity contribution in [3.8, 4) is 5.75 Å². The Morgan fingerprint density at radius 1 is 1.20 bits per heavy atom. The smallest absolute Gasteiger partial charge is 0.226 e. The molecule has 132 valence electrons. The molecule has 25 heavy (non-hydrogen) atoms. The monoisotopic (exact) mass is 339 g/mol. The Morgan fingerprint density at radius 3 is 2.76 bits per heavy atom. The zero-order chi connectivity index (χ0) is 17.2. The van der Waals surface area contributed by atoms with Crippen molar-refractivity contribution in [2.24, 2.45) is 23.7 Å². The van der Waals surface area contributed by atoms with Crippen molar-refractivity contribution in [1.29, 1.82) is 0 Å². The van der Waals surface area contributed by atoms with Crippen molar-refractivity contribution < 1.29 is 14.3 Å². The Bertz CT molecular complexity index is 736. The number of ketones is 1. The van der Waals surface area contributed by atoms with Gasteiger partial charge in [0, 0.05) is 24.9 Å². The first kappa shape index (κ1) is 15.4. The van der Waals surface area contributed by atoms with E-state index in [4.69, 9.17) is 4.74 Å². The summed E-state index contributed by atoms with van der Waals surface area (Å²) in [6.07, 6.45) is 4.58. The summed E-state index contributed by atoms with van der Waals surface area (Å²) in [5, 5.41) is 0. The average molecular weight is 339 g/mol. The summed E-state index contributed by atoms with van der Waals surface area (Å²) < 4.78 is 6.40. The van der Waals surface area contributed by atoms with E-state index in [1.54, 1.807) is 0 Å². The van der Waals surface area contributed by atoms with Crippen LogP contribution < -0.4 is 4.74 Å². The summed E-state index contributed by atoms with van der Waals surface area (Å²) >= 11 is 0. The number of hydrogen-bond donors (Lipinski definition) is 0. The standard InChI is InChI=1S/C21H25NO3/c1-13-7-10-22(11-8-13)20(24)18-15-6-9-21(19(15)18)12-16(23)14-4-2-3-5-17(14)25-21/h2-5,13,15,18-19H,6-12H2,1H3/t15-,18+,19+,21-/m0/s1. The number of nitrogens with zero attached hydrogens (tertiary/aromatic N) is 1. The molecule has 4 atom stereocenters. The highest BCUT2D eigenvalue weighted by Gasteiger charge is 2.71. The number of piperidine rings is 1. The predicted octanol–water partition coefficient (Wildman–Crippen LogP) is 3.31. The summed E-state index contributed by atoms with van der Waals surface area (Å²) in [7, 11) is 0. The SMILES string of the molecule is CC1CCN(C(=O)[C@@H]2[C@@H]3CC[C@]4(CC(=O)c5ccccc5O4)[C@H]32)CC1. The lowest BCUT2D eigenvalue weighted by Gasteiger charge is -2.38. The van der Waals surface area contributed by atoms with E-state index < -0.39 is 5.60 Å². The lowest BCUT2D eigenvalue weighted by atomic mass is 9.84. The number of ether oxygens (including phenoxy) is 1. The molecule has 1 saturated heterocycles. The number of amides is 1. The van der Waals surface area contributed by atoms with Crippen molar-refractivity contribution in [1.82, 2.24) is 4.90 Å². The molecule has 4 aliphatic rings. The Morgan fingerprint density at radius 2 is 1.96 bits per heavy atom. The molecule has 3 fully saturated rings. The fraction of sp³-hybridized carbons (Fsp3) is 0.619. The average Bonchev–Trinajstić information content (AvgIpc) is 3.26. The zero-order valence-corrected chi connectivity index (χ0v) is 14.7. The molecule has 4 nitrogen and oxygen atoms in total. The zero-order valence-electron chi connectivity index (χ0n) is 14.7. The number of benzene rings is 1. The molecule has 0 N–H and O–H groups in total. The molecule has 1 spiro atoms. The Balaban J connectivity index is 1.36. The molecule has 1 amide bonds. The largest absolute Gasteiger partial charge is 0.486 e. The maximum Gasteiger partial charge on any atom is 0.226 e. The second kappa shape index (κ2) is 5.33. The van der Waals surface area contributed by atoms with Gasteiger partial charge in [0.05, 0.1) is 12.0 Å². The van der Waals surface area contributed by atoms with Gasteiger partial charge in [-0.25, -0.2) is 0 Å². The quantitative estimate of drug-likeness (QED) is 0.789. The number of carbonyl (C=O) groups excluding carboxylic acids is 2. The van der Waals surface area contributed by atoms with Gasteiger partial charge in [0.25, 0.3) is 0 Å². The molecule has 2 aliphatic carbocycles. The van der Waals surface area contributed by atoms with E-state index in [2.05, 4.69) is 11.8 Å². The summed E-state index contributed by atoms with van der Waals surface area (Å²) in [6, 6.07) is 7.55. The molecular formula is C21H25NO3. The van der Waals surface area contributed by atoms with E-state index in [1.807, 2.05) is 24.3 Å². The van der Waals surface area contributed by atoms with Crippen LogP contribution in [0.25, 0.3) is 0 Å². The highest BCUT2D eigenvalue weighted by atomic mass is 16.5. The van der Waals surface area contributed by atoms with E-state index in [0.717, 1.165) is 44.7 Å². The minimum Gasteiger partial charge on any atom is -0.486 e. The van der Waals surface area contributed by atoms with Gasteiger partial charge in [0.15, 0.2) is 5.78 Å². The van der Waals surface area contributed by atoms with E-state index in [1.165, 1.54) is 0 Å². The molecule has 2 heterocycles. The lowest BCUT2D eigenvalue weighted by Crippen LogP contribution is -2.45. The Labute approximate surface area is 148 Å². The van der Waals surface area contributed by atoms with Crippen LogP contribution in [0, 0.1) is 23.7 Å². The normalized spacial score (nSPS) is 36.8. The van der Waals surface area contributed by atoms with Gasteiger partial charge < -0.3 is 9.64 Å². The lowest BCUT2D eigenvalue weighted by molar-refractivity contribution is -0.135. The molecule has 1 aromatic rings. The van der Waals surface area contributed by atoms with Crippen molar-refractivity contribution in [3.05, 3.63) is 29.8 Å². The highest BCUT2D eigenvalue weighted by molar-refractivity contribution is 6.00. The van der Waals surface area contributed by atoms with E-state index >= 15 is 0 Å². The molecule has 1 aromatic carbocycles. The fourth-order valence-electron chi connectivity index (χ4n) is 5.54. The van der Waals surface area contributed by atoms with Crippen LogP contribution in [-0.2, 0) is 4.79 Å². The van der Waals surface area contributed by atoms with Gasteiger partial charge in [0.1, 0.15) is 11.4 Å². The molecule has 0 unspecified atom stereocenters. The Kier molecular flexibility index (Phi) is 3.28. The van der Waals surface area contributed by atoms with Crippen LogP contribution in [-0.4, -0.2) is 35.3 Å². The summed E-state index contributed by atoms with van der Waals surface area (Å²) in [5.41, 5.74) is 0.268. The molecule has 0 radical (unpaired) electrons. The second-order valence-electron chi connectivity index (χ2n) is 8.52. The maximum atomic E-state index is 13.0. The summed E-state index contributed by atoms with van der Waals surface area (Å²) in [5.74, 6) is 2.67. The number of fused-ring (bicyclic) bond motifs is 3. The van der Waals surface area contributed by atoms with Gasteiger partial charge in [-0.05, 0) is 49.7 Å². The first-order chi connectivity index (χ1) is 12.1. The number of Topliss-reactive ketones (excluding diaryl/α,β-unsaturated/α-hetero) is 1. The van der Waals surface area contributed by atoms with Crippen LogP contribution >= 0.6 is 0 Å². The maximum absolute atomic E-state index is 13.0. The number of hydrogen-bond acceptors (Lipinski definition) is 3. The minimum absolute atomic E-state index is 0.0835. The molecular weight excluding hydrogens is 314 g/mol. The molecule has 5 rings (SSSR count). The van der Waals surface area contributed by atoms with Gasteiger partial charge >= 0.3 is 0 Å². The van der Waals surface area contributed by atoms with Gasteiger partial charge in [-0.15, -0.1) is 0 Å². The van der Waals surface area contributed by atoms with E-state index in [0.29, 0.717) is 29.6 Å². The van der Waals surface area contributed by atoms with Crippen LogP contribution in [0.15, 0.2) is 24.3 Å². The highest BCUT2D eigenvalue weighted by Crippen LogP contribution is 2.66. The van der Waals surface area contributed by atoms with Gasteiger partial charge in [0.2, 0.25) is 5.91 Å². The van der Waals surface area contributed by atoms with E-state index in [9.17, 15) is 9.59 Å². The van der Waals surface area contributed by atoms with Gasteiger partial charge in [-0.1, -0.05) is 19.1 Å². The number of carbonyl (C=O) groups is 2. The van der Waals surface area contributed by atoms with Crippen molar-refractivity contribution in [2.75, 3.05) is 13.1 Å². The van der Waals surface area contributed by atoms with Crippen molar-refractivity contribution in [2.45, 2.75) is 44.6 Å². The number of rotatable bonds is 1. The van der Waals surface area contributed by atoms with Crippen LogP contribution in [0.1, 0.15) is 49.4 Å². The number of likely N-dealkylation sites (tertiary alicyclic amines) is 1. The summed E-state index contributed by atoms with van der Waals surface area (Å²) in [6.45, 7) is 4.05.